The molecule has 0 saturated carbocycles. The van der Waals surface area contributed by atoms with Crippen molar-refractivity contribution in [2.75, 3.05) is 26.7 Å². The Hall–Kier alpha value is -1.17. The number of likely N-dealkylation sites (tertiary alicyclic amines) is 1. The Balaban J connectivity index is 1.62. The van der Waals surface area contributed by atoms with E-state index in [1.54, 1.807) is 6.07 Å². The number of benzene rings is 1. The van der Waals surface area contributed by atoms with Crippen molar-refractivity contribution in [2.45, 2.75) is 38.3 Å². The third-order valence-electron chi connectivity index (χ3n) is 5.59. The molecule has 2 heterocycles. The lowest BCUT2D eigenvalue weighted by molar-refractivity contribution is -0.126. The van der Waals surface area contributed by atoms with Crippen LogP contribution in [0.3, 0.4) is 0 Å². The predicted molar refractivity (Wildman–Crippen MR) is 98.1 cm³/mol. The van der Waals surface area contributed by atoms with E-state index in [-0.39, 0.29) is 34.6 Å². The van der Waals surface area contributed by atoms with Gasteiger partial charge >= 0.3 is 0 Å². The first-order valence-corrected chi connectivity index (χ1v) is 9.49. The fourth-order valence-corrected chi connectivity index (χ4v) is 4.33. The van der Waals surface area contributed by atoms with E-state index in [2.05, 4.69) is 22.5 Å². The summed E-state index contributed by atoms with van der Waals surface area (Å²) in [5, 5.41) is 6.67. The Morgan fingerprint density at radius 3 is 2.96 bits per heavy atom. The fourth-order valence-electron chi connectivity index (χ4n) is 4.21. The van der Waals surface area contributed by atoms with E-state index in [0.29, 0.717) is 12.6 Å². The van der Waals surface area contributed by atoms with Crippen molar-refractivity contribution < 1.29 is 9.18 Å². The Morgan fingerprint density at radius 1 is 1.44 bits per heavy atom. The summed E-state index contributed by atoms with van der Waals surface area (Å²) >= 11 is 5.81. The van der Waals surface area contributed by atoms with Crippen LogP contribution < -0.4 is 10.6 Å². The minimum absolute atomic E-state index is 0.0989. The van der Waals surface area contributed by atoms with Gasteiger partial charge in [0.15, 0.2) is 0 Å². The van der Waals surface area contributed by atoms with Crippen LogP contribution in [-0.2, 0) is 4.79 Å². The largest absolute Gasteiger partial charge is 0.356 e. The summed E-state index contributed by atoms with van der Waals surface area (Å²) in [7, 11) is 2.05. The maximum Gasteiger partial charge on any atom is 0.223 e. The van der Waals surface area contributed by atoms with Gasteiger partial charge in [0.25, 0.3) is 0 Å². The summed E-state index contributed by atoms with van der Waals surface area (Å²) in [5.41, 5.74) is 0.927. The molecule has 2 aliphatic rings. The second-order valence-electron chi connectivity index (χ2n) is 7.47. The van der Waals surface area contributed by atoms with Crippen LogP contribution in [0.4, 0.5) is 4.39 Å². The molecule has 2 N–H and O–H groups in total. The maximum atomic E-state index is 13.9. The van der Waals surface area contributed by atoms with E-state index in [0.717, 1.165) is 37.9 Å². The summed E-state index contributed by atoms with van der Waals surface area (Å²) in [5.74, 6) is 0.158. The molecule has 4 nitrogen and oxygen atoms in total. The summed E-state index contributed by atoms with van der Waals surface area (Å²) in [6.07, 6.45) is 2.78. The highest BCUT2D eigenvalue weighted by atomic mass is 35.5. The van der Waals surface area contributed by atoms with E-state index in [1.165, 1.54) is 6.07 Å². The van der Waals surface area contributed by atoms with Crippen LogP contribution >= 0.6 is 11.6 Å². The number of rotatable bonds is 4. The minimum Gasteiger partial charge on any atom is -0.356 e. The predicted octanol–water partition coefficient (Wildman–Crippen LogP) is 2.98. The molecule has 2 aliphatic heterocycles. The van der Waals surface area contributed by atoms with Gasteiger partial charge in [-0.05, 0) is 69.9 Å². The zero-order chi connectivity index (χ0) is 18.0. The number of hydrogen-bond acceptors (Lipinski definition) is 3. The molecule has 0 spiro atoms. The van der Waals surface area contributed by atoms with Crippen LogP contribution in [0.2, 0.25) is 5.02 Å². The van der Waals surface area contributed by atoms with Crippen molar-refractivity contribution in [2.24, 2.45) is 11.8 Å². The van der Waals surface area contributed by atoms with Crippen molar-refractivity contribution in [1.82, 2.24) is 15.5 Å². The lowest BCUT2D eigenvalue weighted by atomic mass is 9.91. The van der Waals surface area contributed by atoms with E-state index in [4.69, 9.17) is 11.6 Å². The van der Waals surface area contributed by atoms with E-state index < -0.39 is 0 Å². The molecule has 2 unspecified atom stereocenters. The monoisotopic (exact) mass is 367 g/mol. The van der Waals surface area contributed by atoms with Crippen LogP contribution in [0.15, 0.2) is 18.2 Å². The highest BCUT2D eigenvalue weighted by Gasteiger charge is 2.34. The topological polar surface area (TPSA) is 44.4 Å². The summed E-state index contributed by atoms with van der Waals surface area (Å²) in [4.78, 5) is 14.7. The van der Waals surface area contributed by atoms with Gasteiger partial charge in [-0.25, -0.2) is 4.39 Å². The first-order valence-electron chi connectivity index (χ1n) is 9.12. The van der Waals surface area contributed by atoms with Gasteiger partial charge in [0.2, 0.25) is 5.91 Å². The molecule has 2 fully saturated rings. The lowest BCUT2D eigenvalue weighted by Gasteiger charge is -2.29. The molecule has 0 aliphatic carbocycles. The average Bonchev–Trinajstić information content (AvgIpc) is 2.96. The van der Waals surface area contributed by atoms with Crippen molar-refractivity contribution in [3.63, 3.8) is 0 Å². The molecule has 1 amide bonds. The lowest BCUT2D eigenvalue weighted by Crippen LogP contribution is -2.43. The Morgan fingerprint density at radius 2 is 2.24 bits per heavy atom. The molecule has 138 valence electrons. The number of nitrogens with one attached hydrogen (secondary N) is 2. The molecule has 2 saturated heterocycles. The fraction of sp³-hybridized carbons (Fsp3) is 0.632. The van der Waals surface area contributed by atoms with Crippen molar-refractivity contribution in [3.8, 4) is 0 Å². The van der Waals surface area contributed by atoms with Crippen LogP contribution in [0, 0.1) is 17.7 Å². The molecule has 1 aromatic rings. The summed E-state index contributed by atoms with van der Waals surface area (Å²) in [6, 6.07) is 5.54. The van der Waals surface area contributed by atoms with Gasteiger partial charge in [-0.1, -0.05) is 17.7 Å². The second kappa shape index (κ2) is 8.02. The molecule has 6 heteroatoms. The van der Waals surface area contributed by atoms with Gasteiger partial charge in [-0.2, -0.15) is 0 Å². The number of amides is 1. The minimum atomic E-state index is -0.383. The van der Waals surface area contributed by atoms with Crippen LogP contribution in [-0.4, -0.2) is 43.5 Å². The number of hydrogen-bond donors (Lipinski definition) is 2. The van der Waals surface area contributed by atoms with Crippen molar-refractivity contribution in [1.29, 1.82) is 0 Å². The van der Waals surface area contributed by atoms with Gasteiger partial charge in [-0.15, -0.1) is 0 Å². The van der Waals surface area contributed by atoms with Crippen LogP contribution in [0.25, 0.3) is 0 Å². The maximum absolute atomic E-state index is 13.9. The highest BCUT2D eigenvalue weighted by Crippen LogP contribution is 2.36. The molecular formula is C19H27ClFN3O. The zero-order valence-corrected chi connectivity index (χ0v) is 15.7. The first kappa shape index (κ1) is 18.6. The molecule has 25 heavy (non-hydrogen) atoms. The standard InChI is InChI=1S/C19H27ClFN3O/c1-12-9-14(5-7-22-12)19(25)23-11-15-6-8-24(2)18(15)13-3-4-16(20)17(21)10-13/h3-4,10,12,14-15,18,22H,5-9,11H2,1-2H3,(H,23,25)/t12-,14-,15?,18?/m0/s1. The molecular weight excluding hydrogens is 341 g/mol. The van der Waals surface area contributed by atoms with Crippen LogP contribution in [0.5, 0.6) is 0 Å². The van der Waals surface area contributed by atoms with Gasteiger partial charge < -0.3 is 10.6 Å². The Bertz CT molecular complexity index is 627. The second-order valence-corrected chi connectivity index (χ2v) is 7.88. The normalized spacial score (nSPS) is 30.4. The van der Waals surface area contributed by atoms with Gasteiger partial charge in [0.05, 0.1) is 5.02 Å². The van der Waals surface area contributed by atoms with Gasteiger partial charge in [0, 0.05) is 24.5 Å². The number of carbonyl (C=O) groups is 1. The van der Waals surface area contributed by atoms with Crippen molar-refractivity contribution >= 4 is 17.5 Å². The third kappa shape index (κ3) is 4.33. The molecule has 3 rings (SSSR count). The van der Waals surface area contributed by atoms with Crippen LogP contribution in [0.1, 0.15) is 37.8 Å². The van der Waals surface area contributed by atoms with Gasteiger partial charge in [0.1, 0.15) is 5.82 Å². The Labute approximate surface area is 154 Å². The molecule has 0 bridgehead atoms. The summed E-state index contributed by atoms with van der Waals surface area (Å²) in [6.45, 7) is 4.60. The molecule has 0 radical (unpaired) electrons. The molecule has 0 aromatic heterocycles. The third-order valence-corrected chi connectivity index (χ3v) is 5.90. The first-order chi connectivity index (χ1) is 12.0. The van der Waals surface area contributed by atoms with E-state index in [1.807, 2.05) is 13.1 Å². The Kier molecular flexibility index (Phi) is 5.97. The number of carbonyl (C=O) groups excluding carboxylic acids is 1. The average molecular weight is 368 g/mol. The number of nitrogens with zero attached hydrogens (tertiary/aromatic N) is 1. The smallest absolute Gasteiger partial charge is 0.223 e. The van der Waals surface area contributed by atoms with Crippen molar-refractivity contribution in [3.05, 3.63) is 34.6 Å². The molecule has 1 aromatic carbocycles. The zero-order valence-electron chi connectivity index (χ0n) is 14.9. The van der Waals surface area contributed by atoms with E-state index >= 15 is 0 Å². The number of halogens is 2. The van der Waals surface area contributed by atoms with E-state index in [9.17, 15) is 9.18 Å². The number of piperidine rings is 1. The highest BCUT2D eigenvalue weighted by molar-refractivity contribution is 6.30. The molecule has 4 atom stereocenters. The SMILES string of the molecule is C[C@H]1C[C@@H](C(=O)NCC2CCN(C)C2c2ccc(Cl)c(F)c2)CCN1. The quantitative estimate of drug-likeness (QED) is 0.859. The summed E-state index contributed by atoms with van der Waals surface area (Å²) < 4.78 is 13.9. The van der Waals surface area contributed by atoms with Gasteiger partial charge in [-0.3, -0.25) is 9.69 Å².